The molecule has 8 nitrogen and oxygen atoms in total. The van der Waals surface area contributed by atoms with Gasteiger partial charge in [-0.1, -0.05) is 6.92 Å². The first-order chi connectivity index (χ1) is 8.99. The van der Waals surface area contributed by atoms with Crippen molar-refractivity contribution in [2.75, 3.05) is 26.2 Å². The molecule has 2 saturated heterocycles. The molecule has 0 aromatic heterocycles. The maximum Gasteiger partial charge on any atom is 0.240 e. The van der Waals surface area contributed by atoms with Gasteiger partial charge in [0.15, 0.2) is 0 Å². The summed E-state index contributed by atoms with van der Waals surface area (Å²) in [4.78, 5) is 48.9. The van der Waals surface area contributed by atoms with Crippen LogP contribution in [0.2, 0.25) is 0 Å². The van der Waals surface area contributed by atoms with Crippen molar-refractivity contribution in [3.63, 3.8) is 0 Å². The molecule has 2 aliphatic heterocycles. The minimum absolute atomic E-state index is 0.0938. The molecule has 2 heterocycles. The number of piperazine rings is 2. The Bertz CT molecular complexity index is 366. The standard InChI is InChI=1S/C11H16N4O4/c1-2-11(14-3-7(16)12-8(17)4-14)15-5-9(18)13-10(19)6-15/h11H,2-6H2,1H3,(H,12,16,17)(H,13,18,19). The zero-order valence-electron chi connectivity index (χ0n) is 10.6. The van der Waals surface area contributed by atoms with Crippen LogP contribution in [0.5, 0.6) is 0 Å². The Labute approximate surface area is 110 Å². The monoisotopic (exact) mass is 268 g/mol. The molecule has 0 atom stereocenters. The fourth-order valence-electron chi connectivity index (χ4n) is 2.49. The van der Waals surface area contributed by atoms with Gasteiger partial charge in [0.2, 0.25) is 23.6 Å². The lowest BCUT2D eigenvalue weighted by Crippen LogP contribution is -2.63. The van der Waals surface area contributed by atoms with E-state index in [1.807, 2.05) is 6.92 Å². The summed E-state index contributed by atoms with van der Waals surface area (Å²) in [6, 6.07) is 0. The maximum absolute atomic E-state index is 11.4. The van der Waals surface area contributed by atoms with Gasteiger partial charge in [0.25, 0.3) is 0 Å². The van der Waals surface area contributed by atoms with Crippen LogP contribution in [-0.2, 0) is 19.2 Å². The van der Waals surface area contributed by atoms with Crippen LogP contribution >= 0.6 is 0 Å². The molecule has 2 aliphatic rings. The van der Waals surface area contributed by atoms with E-state index in [1.165, 1.54) is 0 Å². The van der Waals surface area contributed by atoms with Gasteiger partial charge >= 0.3 is 0 Å². The van der Waals surface area contributed by atoms with E-state index in [1.54, 1.807) is 9.80 Å². The molecule has 8 heteroatoms. The fraction of sp³-hybridized carbons (Fsp3) is 0.636. The Hall–Kier alpha value is -1.80. The fourth-order valence-corrected chi connectivity index (χ4v) is 2.49. The van der Waals surface area contributed by atoms with Crippen molar-refractivity contribution in [2.45, 2.75) is 19.5 Å². The van der Waals surface area contributed by atoms with E-state index in [2.05, 4.69) is 10.6 Å². The van der Waals surface area contributed by atoms with Gasteiger partial charge in [-0.2, -0.15) is 0 Å². The van der Waals surface area contributed by atoms with Crippen LogP contribution in [0.4, 0.5) is 0 Å². The van der Waals surface area contributed by atoms with Gasteiger partial charge in [-0.3, -0.25) is 39.6 Å². The lowest BCUT2D eigenvalue weighted by molar-refractivity contribution is -0.143. The van der Waals surface area contributed by atoms with Gasteiger partial charge < -0.3 is 0 Å². The zero-order valence-corrected chi connectivity index (χ0v) is 10.6. The van der Waals surface area contributed by atoms with Gasteiger partial charge in [-0.15, -0.1) is 0 Å². The summed E-state index contributed by atoms with van der Waals surface area (Å²) >= 11 is 0. The van der Waals surface area contributed by atoms with Crippen LogP contribution in [0.15, 0.2) is 0 Å². The lowest BCUT2D eigenvalue weighted by atomic mass is 10.2. The summed E-state index contributed by atoms with van der Waals surface area (Å²) in [5.41, 5.74) is 0. The molecule has 0 aromatic rings. The number of nitrogens with zero attached hydrogens (tertiary/aromatic N) is 2. The van der Waals surface area contributed by atoms with Crippen molar-refractivity contribution < 1.29 is 19.2 Å². The number of nitrogens with one attached hydrogen (secondary N) is 2. The van der Waals surface area contributed by atoms with Crippen LogP contribution < -0.4 is 10.6 Å². The maximum atomic E-state index is 11.4. The Morgan fingerprint density at radius 1 is 0.842 bits per heavy atom. The Morgan fingerprint density at radius 2 is 1.16 bits per heavy atom. The number of hydrogen-bond donors (Lipinski definition) is 2. The summed E-state index contributed by atoms with van der Waals surface area (Å²) in [6.07, 6.45) is 0.339. The molecule has 4 amide bonds. The Kier molecular flexibility index (Phi) is 3.91. The predicted octanol–water partition coefficient (Wildman–Crippen LogP) is -2.36. The highest BCUT2D eigenvalue weighted by Crippen LogP contribution is 2.13. The second-order valence-electron chi connectivity index (χ2n) is 4.64. The molecule has 0 radical (unpaired) electrons. The molecule has 19 heavy (non-hydrogen) atoms. The summed E-state index contributed by atoms with van der Waals surface area (Å²) in [7, 11) is 0. The van der Waals surface area contributed by atoms with E-state index in [0.717, 1.165) is 0 Å². The number of carbonyl (C=O) groups is 4. The predicted molar refractivity (Wildman–Crippen MR) is 63.5 cm³/mol. The minimum Gasteiger partial charge on any atom is -0.294 e. The first-order valence-electron chi connectivity index (χ1n) is 6.13. The molecule has 0 aromatic carbocycles. The number of amides is 4. The van der Waals surface area contributed by atoms with Crippen molar-refractivity contribution in [1.29, 1.82) is 0 Å². The van der Waals surface area contributed by atoms with Crippen LogP contribution in [0, 0.1) is 0 Å². The number of rotatable bonds is 3. The highest BCUT2D eigenvalue weighted by Gasteiger charge is 2.34. The van der Waals surface area contributed by atoms with E-state index in [-0.39, 0.29) is 56.0 Å². The molecule has 0 spiro atoms. The number of hydrogen-bond acceptors (Lipinski definition) is 6. The van der Waals surface area contributed by atoms with Gasteiger partial charge in [0.05, 0.1) is 32.3 Å². The molecule has 2 rings (SSSR count). The Balaban J connectivity index is 2.10. The van der Waals surface area contributed by atoms with Crippen molar-refractivity contribution in [3.05, 3.63) is 0 Å². The second kappa shape index (κ2) is 5.45. The van der Waals surface area contributed by atoms with E-state index in [9.17, 15) is 19.2 Å². The Morgan fingerprint density at radius 3 is 1.42 bits per heavy atom. The highest BCUT2D eigenvalue weighted by atomic mass is 16.2. The molecule has 0 unspecified atom stereocenters. The molecule has 0 saturated carbocycles. The van der Waals surface area contributed by atoms with Gasteiger partial charge in [0, 0.05) is 0 Å². The summed E-state index contributed by atoms with van der Waals surface area (Å²) in [5.74, 6) is -1.44. The summed E-state index contributed by atoms with van der Waals surface area (Å²) < 4.78 is 0. The van der Waals surface area contributed by atoms with Gasteiger partial charge in [0.1, 0.15) is 0 Å². The third kappa shape index (κ3) is 3.15. The summed E-state index contributed by atoms with van der Waals surface area (Å²) in [5, 5.41) is 4.45. The smallest absolute Gasteiger partial charge is 0.240 e. The van der Waals surface area contributed by atoms with E-state index in [4.69, 9.17) is 0 Å². The minimum atomic E-state index is -0.359. The van der Waals surface area contributed by atoms with Crippen molar-refractivity contribution in [1.82, 2.24) is 20.4 Å². The van der Waals surface area contributed by atoms with Gasteiger partial charge in [-0.05, 0) is 6.42 Å². The topological polar surface area (TPSA) is 98.8 Å². The molecule has 104 valence electrons. The average molecular weight is 268 g/mol. The molecule has 2 N–H and O–H groups in total. The van der Waals surface area contributed by atoms with Crippen LogP contribution in [0.1, 0.15) is 13.3 Å². The third-order valence-electron chi connectivity index (χ3n) is 3.15. The zero-order chi connectivity index (χ0) is 14.0. The van der Waals surface area contributed by atoms with E-state index in [0.29, 0.717) is 6.42 Å². The first kappa shape index (κ1) is 13.6. The highest BCUT2D eigenvalue weighted by molar-refractivity contribution is 6.00. The normalized spacial score (nSPS) is 22.6. The van der Waals surface area contributed by atoms with Crippen molar-refractivity contribution >= 4 is 23.6 Å². The first-order valence-corrected chi connectivity index (χ1v) is 6.13. The lowest BCUT2D eigenvalue weighted by Gasteiger charge is -2.40. The largest absolute Gasteiger partial charge is 0.294 e. The second-order valence-corrected chi connectivity index (χ2v) is 4.64. The quantitative estimate of drug-likeness (QED) is 0.556. The molecule has 2 fully saturated rings. The molecular weight excluding hydrogens is 252 g/mol. The third-order valence-corrected chi connectivity index (χ3v) is 3.15. The van der Waals surface area contributed by atoms with Crippen LogP contribution in [-0.4, -0.2) is 65.8 Å². The average Bonchev–Trinajstić information content (AvgIpc) is 2.27. The molecule has 0 bridgehead atoms. The van der Waals surface area contributed by atoms with Crippen molar-refractivity contribution in [2.24, 2.45) is 0 Å². The molecule has 0 aliphatic carbocycles. The van der Waals surface area contributed by atoms with Crippen molar-refractivity contribution in [3.8, 4) is 0 Å². The van der Waals surface area contributed by atoms with E-state index < -0.39 is 0 Å². The van der Waals surface area contributed by atoms with Crippen LogP contribution in [0.3, 0.4) is 0 Å². The number of carbonyl (C=O) groups excluding carboxylic acids is 4. The van der Waals surface area contributed by atoms with Gasteiger partial charge in [-0.25, -0.2) is 0 Å². The van der Waals surface area contributed by atoms with E-state index >= 15 is 0 Å². The molecular formula is C11H16N4O4. The SMILES string of the molecule is CCC(N1CC(=O)NC(=O)C1)N1CC(=O)NC(=O)C1. The summed E-state index contributed by atoms with van der Waals surface area (Å²) in [6.45, 7) is 2.26. The number of imide groups is 2. The van der Waals surface area contributed by atoms with Crippen LogP contribution in [0.25, 0.3) is 0 Å².